The molecule has 1 heterocycles. The molecule has 3 N–H and O–H groups in total. The fourth-order valence-electron chi connectivity index (χ4n) is 5.81. The van der Waals surface area contributed by atoms with E-state index in [1.54, 1.807) is 6.08 Å². The maximum atomic E-state index is 12.2. The van der Waals surface area contributed by atoms with E-state index < -0.39 is 18.3 Å². The molecule has 0 amide bonds. The quantitative estimate of drug-likeness (QED) is 0.0429. The van der Waals surface area contributed by atoms with Gasteiger partial charge in [0.15, 0.2) is 0 Å². The minimum atomic E-state index is -0.664. The van der Waals surface area contributed by atoms with Crippen LogP contribution < -0.4 is 0 Å². The molecular weight excluding hydrogens is 540 g/mol. The van der Waals surface area contributed by atoms with E-state index in [4.69, 9.17) is 4.74 Å². The Hall–Kier alpha value is -1.50. The Labute approximate surface area is 263 Å². The topological polar surface area (TPSA) is 104 Å². The predicted molar refractivity (Wildman–Crippen MR) is 177 cm³/mol. The summed E-state index contributed by atoms with van der Waals surface area (Å²) >= 11 is 0. The third-order valence-corrected chi connectivity index (χ3v) is 8.61. The summed E-state index contributed by atoms with van der Waals surface area (Å²) < 4.78 is 5.06. The number of carbonyl (C=O) groups is 2. The molecule has 43 heavy (non-hydrogen) atoms. The first-order valence-corrected chi connectivity index (χ1v) is 18.0. The largest absolute Gasteiger partial charge is 0.455 e. The molecule has 0 aromatic heterocycles. The Balaban J connectivity index is 1.89. The Morgan fingerprint density at radius 2 is 1.23 bits per heavy atom. The monoisotopic (exact) mass is 606 g/mol. The number of ether oxygens (including phenoxy) is 1. The molecular formula is C37H66O6. The molecule has 4 atom stereocenters. The first-order valence-electron chi connectivity index (χ1n) is 18.0. The zero-order valence-corrected chi connectivity index (χ0v) is 27.8. The fraction of sp³-hybridized carbons (Fsp3) is 0.838. The molecule has 6 heteroatoms. The van der Waals surface area contributed by atoms with Crippen LogP contribution in [0.3, 0.4) is 0 Å². The molecule has 0 spiro atoms. The van der Waals surface area contributed by atoms with E-state index in [9.17, 15) is 24.9 Å². The van der Waals surface area contributed by atoms with Crippen molar-refractivity contribution in [3.63, 3.8) is 0 Å². The molecule has 0 radical (unpaired) electrons. The Kier molecular flexibility index (Phi) is 24.7. The minimum Gasteiger partial charge on any atom is -0.455 e. The summed E-state index contributed by atoms with van der Waals surface area (Å²) in [5, 5.41) is 30.7. The summed E-state index contributed by atoms with van der Waals surface area (Å²) in [5.41, 5.74) is 0.568. The first-order chi connectivity index (χ1) is 20.8. The van der Waals surface area contributed by atoms with Crippen LogP contribution in [0, 0.1) is 0 Å². The Bertz CT molecular complexity index is 760. The molecule has 0 aromatic carbocycles. The van der Waals surface area contributed by atoms with Gasteiger partial charge in [-0.2, -0.15) is 0 Å². The number of Topliss-reactive ketones (excluding diaryl/α,β-unsaturated/α-hetero) is 1. The van der Waals surface area contributed by atoms with E-state index in [-0.39, 0.29) is 12.1 Å². The third-order valence-electron chi connectivity index (χ3n) is 8.61. The van der Waals surface area contributed by atoms with E-state index in [0.717, 1.165) is 57.8 Å². The van der Waals surface area contributed by atoms with Gasteiger partial charge in [0.25, 0.3) is 0 Å². The average Bonchev–Trinajstić information content (AvgIpc) is 3.30. The third kappa shape index (κ3) is 22.6. The molecule has 0 saturated heterocycles. The second kappa shape index (κ2) is 26.9. The summed E-state index contributed by atoms with van der Waals surface area (Å²) in [6, 6.07) is 0. The molecule has 250 valence electrons. The van der Waals surface area contributed by atoms with Crippen molar-refractivity contribution in [2.75, 3.05) is 0 Å². The molecule has 1 aliphatic heterocycles. The summed E-state index contributed by atoms with van der Waals surface area (Å²) in [5.74, 6) is -0.0240. The standard InChI is InChI=1S/C37H66O6/c1-3-4-5-6-7-8-9-10-11-12-13-14-15-22-27-35(40)36(41)28-23-17-16-19-24-33(38)25-20-18-21-26-34(39)30-32-29-31(2)43-37(32)42/h14-15,29,31,34-36,39-41H,3-13,16-28,30H2,1-2H3/b15-14+/t31-,34+,35+,36-/m0/s1. The zero-order valence-electron chi connectivity index (χ0n) is 27.8. The van der Waals surface area contributed by atoms with E-state index in [0.29, 0.717) is 49.9 Å². The van der Waals surface area contributed by atoms with Gasteiger partial charge in [0.05, 0.1) is 18.3 Å². The lowest BCUT2D eigenvalue weighted by atomic mass is 9.99. The van der Waals surface area contributed by atoms with Gasteiger partial charge in [-0.1, -0.05) is 109 Å². The second-order valence-corrected chi connectivity index (χ2v) is 12.9. The van der Waals surface area contributed by atoms with Crippen LogP contribution in [0.15, 0.2) is 23.8 Å². The second-order valence-electron chi connectivity index (χ2n) is 12.9. The van der Waals surface area contributed by atoms with E-state index in [1.165, 1.54) is 64.2 Å². The number of esters is 1. The van der Waals surface area contributed by atoms with Gasteiger partial charge in [0, 0.05) is 24.8 Å². The van der Waals surface area contributed by atoms with Gasteiger partial charge in [-0.3, -0.25) is 4.79 Å². The van der Waals surface area contributed by atoms with Crippen molar-refractivity contribution in [2.24, 2.45) is 0 Å². The van der Waals surface area contributed by atoms with Crippen LogP contribution in [0.2, 0.25) is 0 Å². The number of carbonyl (C=O) groups excluding carboxylic acids is 2. The number of hydrogen-bond acceptors (Lipinski definition) is 6. The van der Waals surface area contributed by atoms with Crippen molar-refractivity contribution in [3.8, 4) is 0 Å². The lowest BCUT2D eigenvalue weighted by molar-refractivity contribution is -0.139. The number of cyclic esters (lactones) is 1. The lowest BCUT2D eigenvalue weighted by Gasteiger charge is -2.17. The number of rotatable bonds is 30. The predicted octanol–water partition coefficient (Wildman–Crippen LogP) is 8.84. The molecule has 1 rings (SSSR count). The van der Waals surface area contributed by atoms with Crippen LogP contribution in [0.5, 0.6) is 0 Å². The summed E-state index contributed by atoms with van der Waals surface area (Å²) in [6.45, 7) is 4.07. The van der Waals surface area contributed by atoms with Crippen LogP contribution >= 0.6 is 0 Å². The smallest absolute Gasteiger partial charge is 0.334 e. The SMILES string of the molecule is CCCCCCCCCCCC/C=C/CC[C@@H](O)[C@@H](O)CCCCCCC(=O)CCCCC[C@@H](O)CC1=C[C@H](C)OC1=O. The van der Waals surface area contributed by atoms with Crippen LogP contribution in [-0.2, 0) is 14.3 Å². The summed E-state index contributed by atoms with van der Waals surface area (Å²) in [6.07, 6.45) is 29.2. The maximum Gasteiger partial charge on any atom is 0.334 e. The average molecular weight is 607 g/mol. The summed E-state index contributed by atoms with van der Waals surface area (Å²) in [7, 11) is 0. The minimum absolute atomic E-state index is 0.202. The van der Waals surface area contributed by atoms with Gasteiger partial charge in [-0.15, -0.1) is 0 Å². The normalized spacial score (nSPS) is 17.3. The van der Waals surface area contributed by atoms with Crippen LogP contribution in [-0.4, -0.2) is 51.5 Å². The van der Waals surface area contributed by atoms with Crippen molar-refractivity contribution in [3.05, 3.63) is 23.8 Å². The fourth-order valence-corrected chi connectivity index (χ4v) is 5.81. The van der Waals surface area contributed by atoms with Crippen molar-refractivity contribution >= 4 is 11.8 Å². The number of unbranched alkanes of at least 4 members (excludes halogenated alkanes) is 15. The van der Waals surface area contributed by atoms with Gasteiger partial charge in [0.1, 0.15) is 11.9 Å². The number of allylic oxidation sites excluding steroid dienone is 2. The zero-order chi connectivity index (χ0) is 31.5. The number of ketones is 1. The van der Waals surface area contributed by atoms with Gasteiger partial charge >= 0.3 is 5.97 Å². The van der Waals surface area contributed by atoms with Crippen molar-refractivity contribution in [1.29, 1.82) is 0 Å². The highest BCUT2D eigenvalue weighted by Crippen LogP contribution is 2.21. The Morgan fingerprint density at radius 1 is 0.721 bits per heavy atom. The van der Waals surface area contributed by atoms with Crippen LogP contribution in [0.25, 0.3) is 0 Å². The van der Waals surface area contributed by atoms with Crippen molar-refractivity contribution in [1.82, 2.24) is 0 Å². The molecule has 0 aliphatic carbocycles. The maximum absolute atomic E-state index is 12.2. The van der Waals surface area contributed by atoms with Gasteiger partial charge in [0.2, 0.25) is 0 Å². The molecule has 0 unspecified atom stereocenters. The van der Waals surface area contributed by atoms with Gasteiger partial charge in [-0.05, 0) is 64.4 Å². The number of aliphatic hydroxyl groups excluding tert-OH is 3. The highest BCUT2D eigenvalue weighted by atomic mass is 16.5. The molecule has 0 fully saturated rings. The van der Waals surface area contributed by atoms with E-state index in [1.807, 2.05) is 6.92 Å². The lowest BCUT2D eigenvalue weighted by Crippen LogP contribution is -2.25. The van der Waals surface area contributed by atoms with E-state index in [2.05, 4.69) is 19.1 Å². The molecule has 0 saturated carbocycles. The van der Waals surface area contributed by atoms with E-state index >= 15 is 0 Å². The van der Waals surface area contributed by atoms with Gasteiger partial charge in [-0.25, -0.2) is 4.79 Å². The van der Waals surface area contributed by atoms with Crippen molar-refractivity contribution < 1.29 is 29.6 Å². The highest BCUT2D eigenvalue weighted by molar-refractivity contribution is 5.90. The highest BCUT2D eigenvalue weighted by Gasteiger charge is 2.24. The van der Waals surface area contributed by atoms with Crippen molar-refractivity contribution in [2.45, 2.75) is 199 Å². The van der Waals surface area contributed by atoms with Crippen LogP contribution in [0.1, 0.15) is 174 Å². The number of hydrogen-bond donors (Lipinski definition) is 3. The summed E-state index contributed by atoms with van der Waals surface area (Å²) in [4.78, 5) is 23.8. The van der Waals surface area contributed by atoms with Crippen LogP contribution in [0.4, 0.5) is 0 Å². The number of aliphatic hydroxyl groups is 3. The first kappa shape index (κ1) is 39.5. The Morgan fingerprint density at radius 3 is 1.86 bits per heavy atom. The molecule has 0 aromatic rings. The molecule has 6 nitrogen and oxygen atoms in total. The molecule has 0 bridgehead atoms. The molecule has 1 aliphatic rings. The van der Waals surface area contributed by atoms with Gasteiger partial charge < -0.3 is 20.1 Å².